The van der Waals surface area contributed by atoms with Crippen molar-refractivity contribution >= 4 is 11.6 Å². The van der Waals surface area contributed by atoms with Gasteiger partial charge in [-0.1, -0.05) is 6.07 Å². The first-order chi connectivity index (χ1) is 6.24. The van der Waals surface area contributed by atoms with Gasteiger partial charge < -0.3 is 15.8 Å². The molecule has 1 aromatic rings. The van der Waals surface area contributed by atoms with E-state index in [0.717, 1.165) is 5.56 Å². The third-order valence-electron chi connectivity index (χ3n) is 2.14. The minimum Gasteiger partial charge on any atom is -0.398 e. The van der Waals surface area contributed by atoms with Gasteiger partial charge in [-0.25, -0.2) is 0 Å². The van der Waals surface area contributed by atoms with Gasteiger partial charge in [0, 0.05) is 23.9 Å². The molecule has 1 aromatic carbocycles. The average Bonchev–Trinajstić information content (AvgIpc) is 2.45. The number of benzene rings is 1. The topological polar surface area (TPSA) is 64.3 Å². The van der Waals surface area contributed by atoms with E-state index in [1.807, 2.05) is 0 Å². The van der Waals surface area contributed by atoms with Crippen LogP contribution in [-0.4, -0.2) is 13.0 Å². The maximum absolute atomic E-state index is 11.3. The largest absolute Gasteiger partial charge is 0.398 e. The van der Waals surface area contributed by atoms with E-state index in [9.17, 15) is 4.79 Å². The lowest BCUT2D eigenvalue weighted by atomic mass is 10.1. The number of ether oxygens (including phenoxy) is 1. The van der Waals surface area contributed by atoms with Gasteiger partial charge in [-0.3, -0.25) is 4.79 Å². The average molecular weight is 178 g/mol. The number of amides is 1. The fraction of sp³-hybridized carbons (Fsp3) is 0.222. The highest BCUT2D eigenvalue weighted by Crippen LogP contribution is 2.30. The Kier molecular flexibility index (Phi) is 1.70. The quantitative estimate of drug-likeness (QED) is 0.621. The molecule has 1 atom stereocenters. The number of anilines is 1. The number of hydrogen-bond donors (Lipinski definition) is 2. The fourth-order valence-corrected chi connectivity index (χ4v) is 1.52. The van der Waals surface area contributed by atoms with Crippen molar-refractivity contribution in [1.29, 1.82) is 0 Å². The van der Waals surface area contributed by atoms with Gasteiger partial charge in [-0.15, -0.1) is 0 Å². The van der Waals surface area contributed by atoms with E-state index in [4.69, 9.17) is 10.5 Å². The van der Waals surface area contributed by atoms with Gasteiger partial charge in [0.05, 0.1) is 0 Å². The lowest BCUT2D eigenvalue weighted by molar-refractivity contribution is 0.0669. The molecule has 3 N–H and O–H groups in total. The molecule has 4 nitrogen and oxygen atoms in total. The van der Waals surface area contributed by atoms with Crippen LogP contribution in [0.5, 0.6) is 0 Å². The summed E-state index contributed by atoms with van der Waals surface area (Å²) in [6.45, 7) is 0. The molecule has 2 rings (SSSR count). The normalized spacial score (nSPS) is 19.8. The molecule has 0 fully saturated rings. The fourth-order valence-electron chi connectivity index (χ4n) is 1.52. The van der Waals surface area contributed by atoms with E-state index >= 15 is 0 Å². The van der Waals surface area contributed by atoms with Gasteiger partial charge in [-0.05, 0) is 12.1 Å². The monoisotopic (exact) mass is 178 g/mol. The van der Waals surface area contributed by atoms with Crippen molar-refractivity contribution in [2.45, 2.75) is 6.23 Å². The van der Waals surface area contributed by atoms with Gasteiger partial charge in [0.2, 0.25) is 0 Å². The third-order valence-corrected chi connectivity index (χ3v) is 2.14. The number of hydrogen-bond acceptors (Lipinski definition) is 3. The van der Waals surface area contributed by atoms with Crippen molar-refractivity contribution in [1.82, 2.24) is 5.32 Å². The van der Waals surface area contributed by atoms with Gasteiger partial charge in [-0.2, -0.15) is 0 Å². The number of nitrogens with two attached hydrogens (primary N) is 1. The predicted molar refractivity (Wildman–Crippen MR) is 48.1 cm³/mol. The van der Waals surface area contributed by atoms with E-state index in [-0.39, 0.29) is 5.91 Å². The predicted octanol–water partition coefficient (Wildman–Crippen LogP) is 0.657. The minimum atomic E-state index is -0.399. The molecule has 0 saturated carbocycles. The minimum absolute atomic E-state index is 0.130. The summed E-state index contributed by atoms with van der Waals surface area (Å²) in [4.78, 5) is 11.3. The molecule has 13 heavy (non-hydrogen) atoms. The second-order valence-corrected chi connectivity index (χ2v) is 2.90. The number of rotatable bonds is 1. The molecular formula is C9H10N2O2. The van der Waals surface area contributed by atoms with Crippen LogP contribution in [0.3, 0.4) is 0 Å². The summed E-state index contributed by atoms with van der Waals surface area (Å²) in [5.41, 5.74) is 7.66. The van der Waals surface area contributed by atoms with E-state index in [2.05, 4.69) is 5.32 Å². The van der Waals surface area contributed by atoms with Crippen LogP contribution in [0.25, 0.3) is 0 Å². The number of methoxy groups -OCH3 is 1. The van der Waals surface area contributed by atoms with E-state index in [1.54, 1.807) is 18.2 Å². The maximum atomic E-state index is 11.3. The zero-order valence-corrected chi connectivity index (χ0v) is 7.20. The van der Waals surface area contributed by atoms with Crippen LogP contribution >= 0.6 is 0 Å². The van der Waals surface area contributed by atoms with Gasteiger partial charge >= 0.3 is 0 Å². The van der Waals surface area contributed by atoms with Crippen molar-refractivity contribution in [2.75, 3.05) is 12.8 Å². The van der Waals surface area contributed by atoms with Crippen LogP contribution < -0.4 is 11.1 Å². The summed E-state index contributed by atoms with van der Waals surface area (Å²) in [6, 6.07) is 5.25. The molecule has 1 amide bonds. The Bertz CT molecular complexity index is 363. The van der Waals surface area contributed by atoms with Crippen LogP contribution in [0.1, 0.15) is 22.1 Å². The van der Waals surface area contributed by atoms with Crippen molar-refractivity contribution in [3.63, 3.8) is 0 Å². The van der Waals surface area contributed by atoms with E-state index in [1.165, 1.54) is 7.11 Å². The summed E-state index contributed by atoms with van der Waals surface area (Å²) in [5.74, 6) is -0.130. The lowest BCUT2D eigenvalue weighted by Crippen LogP contribution is -2.20. The molecule has 1 aliphatic rings. The van der Waals surface area contributed by atoms with Gasteiger partial charge in [0.1, 0.15) is 0 Å². The maximum Gasteiger partial charge on any atom is 0.254 e. The molecule has 0 saturated heterocycles. The Morgan fingerprint density at radius 3 is 3.00 bits per heavy atom. The second-order valence-electron chi connectivity index (χ2n) is 2.90. The van der Waals surface area contributed by atoms with Crippen LogP contribution in [0.2, 0.25) is 0 Å². The zero-order chi connectivity index (χ0) is 9.42. The van der Waals surface area contributed by atoms with E-state index < -0.39 is 6.23 Å². The number of nitrogen functional groups attached to an aromatic ring is 1. The first kappa shape index (κ1) is 8.07. The zero-order valence-electron chi connectivity index (χ0n) is 7.20. The first-order valence-electron chi connectivity index (χ1n) is 3.96. The Morgan fingerprint density at radius 1 is 1.54 bits per heavy atom. The molecule has 0 spiro atoms. The van der Waals surface area contributed by atoms with Crippen molar-refractivity contribution in [3.8, 4) is 0 Å². The third kappa shape index (κ3) is 1.07. The first-order valence-corrected chi connectivity index (χ1v) is 3.96. The summed E-state index contributed by atoms with van der Waals surface area (Å²) in [7, 11) is 1.53. The highest BCUT2D eigenvalue weighted by atomic mass is 16.5. The van der Waals surface area contributed by atoms with Crippen LogP contribution in [-0.2, 0) is 4.74 Å². The number of carbonyl (C=O) groups excluding carboxylic acids is 1. The van der Waals surface area contributed by atoms with Gasteiger partial charge in [0.25, 0.3) is 5.91 Å². The van der Waals surface area contributed by atoms with Gasteiger partial charge in [0.15, 0.2) is 6.23 Å². The molecular weight excluding hydrogens is 168 g/mol. The molecule has 0 aliphatic carbocycles. The van der Waals surface area contributed by atoms with Crippen LogP contribution in [0.4, 0.5) is 5.69 Å². The number of carbonyl (C=O) groups is 1. The molecule has 1 heterocycles. The van der Waals surface area contributed by atoms with Crippen molar-refractivity contribution in [2.24, 2.45) is 0 Å². The van der Waals surface area contributed by atoms with Crippen molar-refractivity contribution in [3.05, 3.63) is 29.3 Å². The molecule has 68 valence electrons. The molecule has 1 unspecified atom stereocenters. The highest BCUT2D eigenvalue weighted by molar-refractivity contribution is 6.00. The summed E-state index contributed by atoms with van der Waals surface area (Å²) < 4.78 is 5.08. The Labute approximate surface area is 75.7 Å². The van der Waals surface area contributed by atoms with Crippen LogP contribution in [0.15, 0.2) is 18.2 Å². The summed E-state index contributed by atoms with van der Waals surface area (Å²) in [6.07, 6.45) is -0.399. The number of nitrogens with one attached hydrogen (secondary N) is 1. The summed E-state index contributed by atoms with van der Waals surface area (Å²) >= 11 is 0. The Balaban J connectivity index is 2.58. The molecule has 1 aliphatic heterocycles. The smallest absolute Gasteiger partial charge is 0.254 e. The summed E-state index contributed by atoms with van der Waals surface area (Å²) in [5, 5.41) is 2.67. The standard InChI is InChI=1S/C9H10N2O2/c1-13-9-7-5(8(12)11-9)3-2-4-6(7)10/h2-4,9H,10H2,1H3,(H,11,12). The Morgan fingerprint density at radius 2 is 2.31 bits per heavy atom. The van der Waals surface area contributed by atoms with Crippen LogP contribution in [0, 0.1) is 0 Å². The molecule has 0 bridgehead atoms. The van der Waals surface area contributed by atoms with Crippen molar-refractivity contribution < 1.29 is 9.53 Å². The molecule has 0 radical (unpaired) electrons. The second kappa shape index (κ2) is 2.74. The Hall–Kier alpha value is -1.55. The molecule has 0 aromatic heterocycles. The van der Waals surface area contributed by atoms with E-state index in [0.29, 0.717) is 11.3 Å². The highest BCUT2D eigenvalue weighted by Gasteiger charge is 2.29. The lowest BCUT2D eigenvalue weighted by Gasteiger charge is -2.10. The SMILES string of the molecule is COC1NC(=O)c2cccc(N)c21. The molecule has 4 heteroatoms. The number of fused-ring (bicyclic) bond motifs is 1.